The molecule has 2 N–H and O–H groups in total. The molecule has 0 aliphatic heterocycles. The maximum absolute atomic E-state index is 6.12. The quantitative estimate of drug-likeness (QED) is 0.682. The second-order valence-corrected chi connectivity index (χ2v) is 6.26. The lowest BCUT2D eigenvalue weighted by Crippen LogP contribution is -2.10. The van der Waals surface area contributed by atoms with Crippen molar-refractivity contribution in [3.05, 3.63) is 44.9 Å². The summed E-state index contributed by atoms with van der Waals surface area (Å²) in [7, 11) is 0. The Labute approximate surface area is 131 Å². The summed E-state index contributed by atoms with van der Waals surface area (Å²) in [6.07, 6.45) is 0. The second-order valence-electron chi connectivity index (χ2n) is 5.02. The Morgan fingerprint density at radius 2 is 2.05 bits per heavy atom. The largest absolute Gasteiger partial charge is 0.466 e. The fraction of sp³-hybridized carbons (Fsp3) is 0.267. The van der Waals surface area contributed by atoms with Crippen molar-refractivity contribution in [3.8, 4) is 0 Å². The van der Waals surface area contributed by atoms with Gasteiger partial charge < -0.3 is 14.7 Å². The van der Waals surface area contributed by atoms with Crippen LogP contribution < -0.4 is 5.73 Å². The van der Waals surface area contributed by atoms with E-state index in [9.17, 15) is 0 Å². The number of fused-ring (bicyclic) bond motifs is 1. The molecule has 0 amide bonds. The monoisotopic (exact) mass is 381 g/mol. The van der Waals surface area contributed by atoms with Crippen molar-refractivity contribution in [2.24, 2.45) is 0 Å². The van der Waals surface area contributed by atoms with Crippen LogP contribution in [-0.4, -0.2) is 9.55 Å². The molecule has 5 heteroatoms. The average molecular weight is 381 g/mol. The second kappa shape index (κ2) is 4.80. The average Bonchev–Trinajstić information content (AvgIpc) is 2.87. The predicted octanol–water partition coefficient (Wildman–Crippen LogP) is 4.04. The molecule has 0 fully saturated rings. The Kier molecular flexibility index (Phi) is 3.24. The standard InChI is InChI=1S/C15H16IN3O/c1-8-6-12(10(3)20-8)9(2)19-14-5-4-11(16)7-13(14)18-15(19)17/h4-7,9H,1-3H3,(H2,17,18). The lowest BCUT2D eigenvalue weighted by atomic mass is 10.1. The molecule has 3 aromatic rings. The molecule has 20 heavy (non-hydrogen) atoms. The van der Waals surface area contributed by atoms with E-state index in [2.05, 4.69) is 57.3 Å². The van der Waals surface area contributed by atoms with Crippen LogP contribution in [0.1, 0.15) is 30.0 Å². The summed E-state index contributed by atoms with van der Waals surface area (Å²) in [5.41, 5.74) is 9.24. The molecular formula is C15H16IN3O. The number of nitrogen functional groups attached to an aromatic ring is 1. The van der Waals surface area contributed by atoms with Gasteiger partial charge >= 0.3 is 0 Å². The number of hydrogen-bond donors (Lipinski definition) is 1. The van der Waals surface area contributed by atoms with Crippen LogP contribution in [0.15, 0.2) is 28.7 Å². The molecule has 0 saturated carbocycles. The molecule has 2 heterocycles. The minimum Gasteiger partial charge on any atom is -0.466 e. The summed E-state index contributed by atoms with van der Waals surface area (Å²) in [6, 6.07) is 8.35. The first-order valence-corrected chi connectivity index (χ1v) is 7.55. The molecule has 0 aliphatic rings. The van der Waals surface area contributed by atoms with E-state index in [0.29, 0.717) is 5.95 Å². The molecule has 0 spiro atoms. The highest BCUT2D eigenvalue weighted by Crippen LogP contribution is 2.30. The smallest absolute Gasteiger partial charge is 0.201 e. The molecule has 1 aromatic carbocycles. The van der Waals surface area contributed by atoms with Gasteiger partial charge in [0.1, 0.15) is 11.5 Å². The lowest BCUT2D eigenvalue weighted by Gasteiger charge is -2.15. The van der Waals surface area contributed by atoms with Crippen LogP contribution in [-0.2, 0) is 0 Å². The van der Waals surface area contributed by atoms with Gasteiger partial charge in [0, 0.05) is 9.13 Å². The summed E-state index contributed by atoms with van der Waals surface area (Å²) >= 11 is 2.28. The molecule has 104 valence electrons. The Bertz CT molecular complexity index is 788. The van der Waals surface area contributed by atoms with Crippen LogP contribution in [0.25, 0.3) is 11.0 Å². The summed E-state index contributed by atoms with van der Waals surface area (Å²) in [4.78, 5) is 4.46. The molecule has 2 aromatic heterocycles. The number of benzene rings is 1. The van der Waals surface area contributed by atoms with E-state index in [0.717, 1.165) is 31.7 Å². The zero-order chi connectivity index (χ0) is 14.4. The number of aryl methyl sites for hydroxylation is 2. The van der Waals surface area contributed by atoms with Gasteiger partial charge in [0.05, 0.1) is 17.1 Å². The summed E-state index contributed by atoms with van der Waals surface area (Å²) in [5.74, 6) is 2.39. The van der Waals surface area contributed by atoms with Crippen molar-refractivity contribution >= 4 is 39.6 Å². The number of nitrogens with zero attached hydrogens (tertiary/aromatic N) is 2. The molecule has 0 aliphatic carbocycles. The van der Waals surface area contributed by atoms with Crippen molar-refractivity contribution in [1.29, 1.82) is 0 Å². The van der Waals surface area contributed by atoms with Crippen molar-refractivity contribution in [3.63, 3.8) is 0 Å². The van der Waals surface area contributed by atoms with E-state index >= 15 is 0 Å². The molecule has 0 saturated heterocycles. The summed E-state index contributed by atoms with van der Waals surface area (Å²) in [6.45, 7) is 6.06. The van der Waals surface area contributed by atoms with Crippen molar-refractivity contribution < 1.29 is 4.42 Å². The van der Waals surface area contributed by atoms with Crippen LogP contribution >= 0.6 is 22.6 Å². The van der Waals surface area contributed by atoms with Gasteiger partial charge in [0.15, 0.2) is 0 Å². The summed E-state index contributed by atoms with van der Waals surface area (Å²) in [5, 5.41) is 0. The van der Waals surface area contributed by atoms with Gasteiger partial charge in [-0.25, -0.2) is 4.98 Å². The number of nitrogens with two attached hydrogens (primary N) is 1. The van der Waals surface area contributed by atoms with Crippen LogP contribution in [0.5, 0.6) is 0 Å². The Morgan fingerprint density at radius 3 is 2.70 bits per heavy atom. The molecule has 3 rings (SSSR count). The summed E-state index contributed by atoms with van der Waals surface area (Å²) < 4.78 is 8.84. The van der Waals surface area contributed by atoms with E-state index in [-0.39, 0.29) is 6.04 Å². The maximum atomic E-state index is 6.12. The molecule has 1 atom stereocenters. The lowest BCUT2D eigenvalue weighted by molar-refractivity contribution is 0.495. The van der Waals surface area contributed by atoms with E-state index in [4.69, 9.17) is 10.2 Å². The predicted molar refractivity (Wildman–Crippen MR) is 88.9 cm³/mol. The highest BCUT2D eigenvalue weighted by molar-refractivity contribution is 14.1. The number of aromatic nitrogens is 2. The molecule has 0 radical (unpaired) electrons. The van der Waals surface area contributed by atoms with Gasteiger partial charge in [-0.3, -0.25) is 0 Å². The number of imidazole rings is 1. The topological polar surface area (TPSA) is 57.0 Å². The molecule has 1 unspecified atom stereocenters. The van der Waals surface area contributed by atoms with Crippen molar-refractivity contribution in [1.82, 2.24) is 9.55 Å². The Balaban J connectivity index is 2.18. The van der Waals surface area contributed by atoms with Gasteiger partial charge in [0.2, 0.25) is 5.95 Å². The van der Waals surface area contributed by atoms with Gasteiger partial charge in [-0.2, -0.15) is 0 Å². The van der Waals surface area contributed by atoms with Gasteiger partial charge in [-0.1, -0.05) is 0 Å². The highest BCUT2D eigenvalue weighted by atomic mass is 127. The maximum Gasteiger partial charge on any atom is 0.201 e. The third kappa shape index (κ3) is 2.09. The third-order valence-corrected chi connectivity index (χ3v) is 4.27. The number of furan rings is 1. The van der Waals surface area contributed by atoms with Crippen LogP contribution in [0, 0.1) is 17.4 Å². The minimum atomic E-state index is 0.0949. The Hall–Kier alpha value is -1.50. The zero-order valence-corrected chi connectivity index (χ0v) is 13.8. The number of anilines is 1. The van der Waals surface area contributed by atoms with E-state index in [1.54, 1.807) is 0 Å². The third-order valence-electron chi connectivity index (χ3n) is 3.60. The molecule has 4 nitrogen and oxygen atoms in total. The van der Waals surface area contributed by atoms with Gasteiger partial charge in [-0.15, -0.1) is 0 Å². The number of rotatable bonds is 2. The fourth-order valence-corrected chi connectivity index (χ4v) is 3.18. The van der Waals surface area contributed by atoms with Crippen LogP contribution in [0.4, 0.5) is 5.95 Å². The SMILES string of the molecule is Cc1cc(C(C)n2c(N)nc3cc(I)ccc32)c(C)o1. The van der Waals surface area contributed by atoms with E-state index in [1.807, 2.05) is 19.9 Å². The van der Waals surface area contributed by atoms with Gasteiger partial charge in [-0.05, 0) is 67.6 Å². The Morgan fingerprint density at radius 1 is 1.30 bits per heavy atom. The first kappa shape index (κ1) is 13.5. The van der Waals surface area contributed by atoms with E-state index in [1.165, 1.54) is 0 Å². The van der Waals surface area contributed by atoms with Crippen molar-refractivity contribution in [2.75, 3.05) is 5.73 Å². The van der Waals surface area contributed by atoms with Gasteiger partial charge in [0.25, 0.3) is 0 Å². The molecule has 0 bridgehead atoms. The fourth-order valence-electron chi connectivity index (χ4n) is 2.70. The number of halogens is 1. The van der Waals surface area contributed by atoms with Crippen LogP contribution in [0.2, 0.25) is 0 Å². The number of hydrogen-bond acceptors (Lipinski definition) is 3. The molecular weight excluding hydrogens is 365 g/mol. The van der Waals surface area contributed by atoms with Crippen molar-refractivity contribution in [2.45, 2.75) is 26.8 Å². The normalized spacial score (nSPS) is 13.0. The van der Waals surface area contributed by atoms with E-state index < -0.39 is 0 Å². The first-order chi connectivity index (χ1) is 9.47. The van der Waals surface area contributed by atoms with Crippen LogP contribution in [0.3, 0.4) is 0 Å². The minimum absolute atomic E-state index is 0.0949. The highest BCUT2D eigenvalue weighted by Gasteiger charge is 2.19. The zero-order valence-electron chi connectivity index (χ0n) is 11.6. The first-order valence-electron chi connectivity index (χ1n) is 6.47.